The van der Waals surface area contributed by atoms with Crippen molar-refractivity contribution in [3.8, 4) is 0 Å². The molecule has 0 bridgehead atoms. The van der Waals surface area contributed by atoms with Gasteiger partial charge in [0.25, 0.3) is 0 Å². The summed E-state index contributed by atoms with van der Waals surface area (Å²) in [5.74, 6) is 1.58. The summed E-state index contributed by atoms with van der Waals surface area (Å²) in [5.41, 5.74) is 2.80. The van der Waals surface area contributed by atoms with Crippen molar-refractivity contribution in [3.05, 3.63) is 59.4 Å². The molecule has 1 unspecified atom stereocenters. The van der Waals surface area contributed by atoms with E-state index >= 15 is 0 Å². The molecule has 0 spiro atoms. The summed E-state index contributed by atoms with van der Waals surface area (Å²) in [6, 6.07) is 10.6. The lowest BCUT2D eigenvalue weighted by atomic mass is 9.89. The summed E-state index contributed by atoms with van der Waals surface area (Å²) in [4.78, 5) is 0. The molecule has 0 aromatic heterocycles. The summed E-state index contributed by atoms with van der Waals surface area (Å²) < 4.78 is 5.31. The molecular formula is C15H18O. The molecule has 0 amide bonds. The van der Waals surface area contributed by atoms with Gasteiger partial charge in [0.05, 0.1) is 7.11 Å². The third kappa shape index (κ3) is 2.75. The van der Waals surface area contributed by atoms with Crippen LogP contribution in [0.2, 0.25) is 0 Å². The van der Waals surface area contributed by atoms with Crippen molar-refractivity contribution in [2.75, 3.05) is 7.11 Å². The summed E-state index contributed by atoms with van der Waals surface area (Å²) in [6.07, 6.45) is 6.60. The first-order chi connectivity index (χ1) is 7.78. The Balaban J connectivity index is 2.07. The van der Waals surface area contributed by atoms with Crippen LogP contribution in [0.5, 0.6) is 0 Å². The zero-order valence-corrected chi connectivity index (χ0v) is 9.94. The highest BCUT2D eigenvalue weighted by molar-refractivity contribution is 5.26. The first kappa shape index (κ1) is 11.0. The maximum absolute atomic E-state index is 5.31. The molecule has 0 radical (unpaired) electrons. The molecule has 0 fully saturated rings. The lowest BCUT2D eigenvalue weighted by Gasteiger charge is -2.19. The number of allylic oxidation sites excluding steroid dienone is 3. The summed E-state index contributed by atoms with van der Waals surface area (Å²) in [6.45, 7) is 2.17. The van der Waals surface area contributed by atoms with Gasteiger partial charge in [-0.3, -0.25) is 0 Å². The smallest absolute Gasteiger partial charge is 0.115 e. The van der Waals surface area contributed by atoms with Crippen LogP contribution in [0.25, 0.3) is 0 Å². The highest BCUT2D eigenvalue weighted by Crippen LogP contribution is 2.25. The highest BCUT2D eigenvalue weighted by atomic mass is 16.5. The standard InChI is InChI=1S/C15H18O/c1-12-8-14(11-15(9-12)16-2)10-13-6-4-3-5-7-13/h3-7,9,11,14H,8,10H2,1-2H3. The van der Waals surface area contributed by atoms with Crippen molar-refractivity contribution in [1.29, 1.82) is 0 Å². The van der Waals surface area contributed by atoms with E-state index in [1.54, 1.807) is 7.11 Å². The molecule has 84 valence electrons. The first-order valence-corrected chi connectivity index (χ1v) is 5.75. The van der Waals surface area contributed by atoms with E-state index in [0.717, 1.165) is 18.6 Å². The molecule has 0 heterocycles. The number of rotatable bonds is 3. The molecule has 0 saturated carbocycles. The third-order valence-corrected chi connectivity index (χ3v) is 2.95. The Morgan fingerprint density at radius 1 is 1.25 bits per heavy atom. The van der Waals surface area contributed by atoms with E-state index in [4.69, 9.17) is 4.74 Å². The molecule has 1 aromatic rings. The molecule has 0 saturated heterocycles. The Hall–Kier alpha value is -1.50. The number of hydrogen-bond donors (Lipinski definition) is 0. The van der Waals surface area contributed by atoms with Crippen LogP contribution in [0, 0.1) is 5.92 Å². The maximum atomic E-state index is 5.31. The second-order valence-corrected chi connectivity index (χ2v) is 4.42. The zero-order chi connectivity index (χ0) is 11.4. The highest BCUT2D eigenvalue weighted by Gasteiger charge is 2.13. The van der Waals surface area contributed by atoms with Crippen molar-refractivity contribution in [3.63, 3.8) is 0 Å². The number of benzene rings is 1. The maximum Gasteiger partial charge on any atom is 0.115 e. The van der Waals surface area contributed by atoms with Gasteiger partial charge in [0, 0.05) is 0 Å². The minimum atomic E-state index is 0.572. The van der Waals surface area contributed by atoms with Gasteiger partial charge in [-0.25, -0.2) is 0 Å². The van der Waals surface area contributed by atoms with E-state index in [1.807, 2.05) is 0 Å². The molecule has 1 heteroatoms. The van der Waals surface area contributed by atoms with Crippen molar-refractivity contribution in [1.82, 2.24) is 0 Å². The van der Waals surface area contributed by atoms with Crippen LogP contribution in [0.15, 0.2) is 53.8 Å². The lowest BCUT2D eigenvalue weighted by Crippen LogP contribution is -2.07. The fourth-order valence-electron chi connectivity index (χ4n) is 2.23. The van der Waals surface area contributed by atoms with Crippen molar-refractivity contribution >= 4 is 0 Å². The van der Waals surface area contributed by atoms with E-state index in [9.17, 15) is 0 Å². The molecular weight excluding hydrogens is 196 g/mol. The van der Waals surface area contributed by atoms with Gasteiger partial charge < -0.3 is 4.74 Å². The third-order valence-electron chi connectivity index (χ3n) is 2.95. The number of hydrogen-bond acceptors (Lipinski definition) is 1. The van der Waals surface area contributed by atoms with E-state index in [0.29, 0.717) is 5.92 Å². The lowest BCUT2D eigenvalue weighted by molar-refractivity contribution is 0.298. The van der Waals surface area contributed by atoms with Crippen LogP contribution in [-0.2, 0) is 11.2 Å². The number of ether oxygens (including phenoxy) is 1. The van der Waals surface area contributed by atoms with Gasteiger partial charge >= 0.3 is 0 Å². The van der Waals surface area contributed by atoms with Gasteiger partial charge in [0.2, 0.25) is 0 Å². The summed E-state index contributed by atoms with van der Waals surface area (Å²) in [7, 11) is 1.74. The van der Waals surface area contributed by atoms with Crippen LogP contribution in [-0.4, -0.2) is 7.11 Å². The normalized spacial score (nSPS) is 20.0. The van der Waals surface area contributed by atoms with E-state index in [-0.39, 0.29) is 0 Å². The molecule has 1 nitrogen and oxygen atoms in total. The molecule has 16 heavy (non-hydrogen) atoms. The fourth-order valence-corrected chi connectivity index (χ4v) is 2.23. The quantitative estimate of drug-likeness (QED) is 0.745. The molecule has 1 aromatic carbocycles. The largest absolute Gasteiger partial charge is 0.497 e. The molecule has 1 atom stereocenters. The van der Waals surface area contributed by atoms with Gasteiger partial charge in [0.1, 0.15) is 5.76 Å². The van der Waals surface area contributed by atoms with E-state index in [1.165, 1.54) is 11.1 Å². The van der Waals surface area contributed by atoms with Gasteiger partial charge in [-0.2, -0.15) is 0 Å². The van der Waals surface area contributed by atoms with Crippen molar-refractivity contribution < 1.29 is 4.74 Å². The van der Waals surface area contributed by atoms with Crippen LogP contribution in [0.1, 0.15) is 18.9 Å². The minimum absolute atomic E-state index is 0.572. The molecule has 2 rings (SSSR count). The van der Waals surface area contributed by atoms with Gasteiger partial charge in [-0.05, 0) is 43.4 Å². The second kappa shape index (κ2) is 5.02. The van der Waals surface area contributed by atoms with E-state index in [2.05, 4.69) is 49.4 Å². The minimum Gasteiger partial charge on any atom is -0.497 e. The van der Waals surface area contributed by atoms with Crippen LogP contribution >= 0.6 is 0 Å². The number of methoxy groups -OCH3 is 1. The average Bonchev–Trinajstić information content (AvgIpc) is 2.29. The Morgan fingerprint density at radius 3 is 2.69 bits per heavy atom. The first-order valence-electron chi connectivity index (χ1n) is 5.75. The monoisotopic (exact) mass is 214 g/mol. The van der Waals surface area contributed by atoms with Gasteiger partial charge in [-0.1, -0.05) is 35.9 Å². The fraction of sp³-hybridized carbons (Fsp3) is 0.333. The van der Waals surface area contributed by atoms with Crippen molar-refractivity contribution in [2.24, 2.45) is 5.92 Å². The molecule has 0 aliphatic heterocycles. The predicted octanol–water partition coefficient (Wildman–Crippen LogP) is 3.73. The van der Waals surface area contributed by atoms with Gasteiger partial charge in [-0.15, -0.1) is 0 Å². The van der Waals surface area contributed by atoms with Gasteiger partial charge in [0.15, 0.2) is 0 Å². The predicted molar refractivity (Wildman–Crippen MR) is 67.1 cm³/mol. The topological polar surface area (TPSA) is 9.23 Å². The second-order valence-electron chi connectivity index (χ2n) is 4.42. The molecule has 0 N–H and O–H groups in total. The summed E-state index contributed by atoms with van der Waals surface area (Å²) in [5, 5.41) is 0. The van der Waals surface area contributed by atoms with E-state index < -0.39 is 0 Å². The SMILES string of the molecule is COC1=CC(Cc2ccccc2)CC(C)=C1. The van der Waals surface area contributed by atoms with Crippen LogP contribution in [0.4, 0.5) is 0 Å². The Morgan fingerprint density at radius 2 is 2.00 bits per heavy atom. The Labute approximate surface area is 97.4 Å². The molecule has 1 aliphatic carbocycles. The molecule has 1 aliphatic rings. The Kier molecular flexibility index (Phi) is 3.45. The van der Waals surface area contributed by atoms with Crippen LogP contribution < -0.4 is 0 Å². The summed E-state index contributed by atoms with van der Waals surface area (Å²) >= 11 is 0. The van der Waals surface area contributed by atoms with Crippen LogP contribution in [0.3, 0.4) is 0 Å². The Bertz CT molecular complexity index is 401. The van der Waals surface area contributed by atoms with Crippen molar-refractivity contribution in [2.45, 2.75) is 19.8 Å². The average molecular weight is 214 g/mol. The zero-order valence-electron chi connectivity index (χ0n) is 9.94.